The van der Waals surface area contributed by atoms with Gasteiger partial charge in [0.1, 0.15) is 5.92 Å². The first-order valence-corrected chi connectivity index (χ1v) is 8.98. The van der Waals surface area contributed by atoms with Crippen LogP contribution in [0.2, 0.25) is 0 Å². The molecule has 1 atom stereocenters. The Balaban J connectivity index is 1.85. The minimum atomic E-state index is -0.948. The summed E-state index contributed by atoms with van der Waals surface area (Å²) in [6.07, 6.45) is 0.875. The molecular weight excluding hydrogens is 336 g/mol. The molecule has 0 spiro atoms. The maximum atomic E-state index is 13.0. The molecule has 0 saturated heterocycles. The van der Waals surface area contributed by atoms with Crippen LogP contribution in [0.5, 0.6) is 0 Å². The van der Waals surface area contributed by atoms with Gasteiger partial charge < -0.3 is 10.6 Å². The number of anilines is 2. The normalized spacial score (nSPS) is 11.4. The summed E-state index contributed by atoms with van der Waals surface area (Å²) in [6.45, 7) is 2.06. The van der Waals surface area contributed by atoms with Gasteiger partial charge in [0.25, 0.3) is 0 Å². The molecule has 0 saturated carbocycles. The van der Waals surface area contributed by atoms with Crippen molar-refractivity contribution in [2.24, 2.45) is 0 Å². The Morgan fingerprint density at radius 2 is 1.30 bits per heavy atom. The van der Waals surface area contributed by atoms with Gasteiger partial charge in [0.2, 0.25) is 11.8 Å². The Morgan fingerprint density at radius 3 is 1.93 bits per heavy atom. The van der Waals surface area contributed by atoms with Gasteiger partial charge in [-0.1, -0.05) is 67.6 Å². The van der Waals surface area contributed by atoms with Crippen molar-refractivity contribution in [3.63, 3.8) is 0 Å². The molecule has 3 aromatic rings. The first kappa shape index (κ1) is 18.4. The number of hydrogen-bond donors (Lipinski definition) is 2. The first-order chi connectivity index (χ1) is 13.2. The Kier molecular flexibility index (Phi) is 6.00. The van der Waals surface area contributed by atoms with E-state index in [1.807, 2.05) is 60.7 Å². The average molecular weight is 358 g/mol. The Bertz CT molecular complexity index is 908. The lowest BCUT2D eigenvalue weighted by Crippen LogP contribution is -2.32. The maximum absolute atomic E-state index is 13.0. The summed E-state index contributed by atoms with van der Waals surface area (Å²) >= 11 is 0. The first-order valence-electron chi connectivity index (χ1n) is 8.98. The van der Waals surface area contributed by atoms with E-state index in [1.54, 1.807) is 24.3 Å². The standard InChI is InChI=1S/C23H22N2O2/c1-2-17-10-9-15-20(16-17)25-23(27)21(18-11-5-3-6-12-18)22(26)24-19-13-7-4-8-14-19/h3-16,21H,2H2,1H3,(H,24,26)(H,25,27). The van der Waals surface area contributed by atoms with Crippen molar-refractivity contribution in [2.45, 2.75) is 19.3 Å². The minimum Gasteiger partial charge on any atom is -0.325 e. The molecule has 4 heteroatoms. The lowest BCUT2D eigenvalue weighted by molar-refractivity contribution is -0.125. The number of amides is 2. The van der Waals surface area contributed by atoms with Crippen LogP contribution in [0.4, 0.5) is 11.4 Å². The molecule has 3 aromatic carbocycles. The van der Waals surface area contributed by atoms with Crippen LogP contribution in [-0.4, -0.2) is 11.8 Å². The van der Waals surface area contributed by atoms with Crippen LogP contribution in [0.1, 0.15) is 24.0 Å². The highest BCUT2D eigenvalue weighted by Gasteiger charge is 2.28. The fourth-order valence-electron chi connectivity index (χ4n) is 2.89. The monoisotopic (exact) mass is 358 g/mol. The number of benzene rings is 3. The highest BCUT2D eigenvalue weighted by Crippen LogP contribution is 2.21. The largest absolute Gasteiger partial charge is 0.325 e. The highest BCUT2D eigenvalue weighted by molar-refractivity contribution is 6.15. The van der Waals surface area contributed by atoms with E-state index in [4.69, 9.17) is 0 Å². The number of carbonyl (C=O) groups is 2. The second kappa shape index (κ2) is 8.81. The predicted octanol–water partition coefficient (Wildman–Crippen LogP) is 4.61. The second-order valence-corrected chi connectivity index (χ2v) is 6.24. The molecule has 2 amide bonds. The molecule has 0 aliphatic carbocycles. The van der Waals surface area contributed by atoms with Crippen LogP contribution in [0.3, 0.4) is 0 Å². The Hall–Kier alpha value is -3.40. The summed E-state index contributed by atoms with van der Waals surface area (Å²) in [5.41, 5.74) is 3.12. The molecule has 0 aliphatic heterocycles. The quantitative estimate of drug-likeness (QED) is 0.632. The van der Waals surface area contributed by atoms with Crippen molar-refractivity contribution < 1.29 is 9.59 Å². The van der Waals surface area contributed by atoms with Gasteiger partial charge in [-0.05, 0) is 41.8 Å². The zero-order chi connectivity index (χ0) is 19.1. The third kappa shape index (κ3) is 4.82. The molecule has 0 aliphatic rings. The van der Waals surface area contributed by atoms with Gasteiger partial charge in [-0.2, -0.15) is 0 Å². The molecule has 0 bridgehead atoms. The molecular formula is C23H22N2O2. The van der Waals surface area contributed by atoms with Gasteiger partial charge in [-0.25, -0.2) is 0 Å². The van der Waals surface area contributed by atoms with Crippen LogP contribution in [0.15, 0.2) is 84.9 Å². The minimum absolute atomic E-state index is 0.358. The SMILES string of the molecule is CCc1cccc(NC(=O)C(C(=O)Nc2ccccc2)c2ccccc2)c1. The number of carbonyl (C=O) groups excluding carboxylic acids is 2. The summed E-state index contributed by atoms with van der Waals surface area (Å²) in [4.78, 5) is 25.9. The van der Waals surface area contributed by atoms with E-state index >= 15 is 0 Å². The van der Waals surface area contributed by atoms with Crippen LogP contribution in [0.25, 0.3) is 0 Å². The molecule has 0 aromatic heterocycles. The smallest absolute Gasteiger partial charge is 0.241 e. The number of hydrogen-bond acceptors (Lipinski definition) is 2. The number of rotatable bonds is 6. The van der Waals surface area contributed by atoms with Gasteiger partial charge >= 0.3 is 0 Å². The average Bonchev–Trinajstić information content (AvgIpc) is 2.70. The molecule has 0 radical (unpaired) electrons. The third-order valence-electron chi connectivity index (χ3n) is 4.30. The molecule has 136 valence electrons. The lowest BCUT2D eigenvalue weighted by atomic mass is 9.96. The number of para-hydroxylation sites is 1. The van der Waals surface area contributed by atoms with Gasteiger partial charge in [0.15, 0.2) is 0 Å². The Labute approximate surface area is 159 Å². The molecule has 1 unspecified atom stereocenters. The number of nitrogens with one attached hydrogen (secondary N) is 2. The summed E-state index contributed by atoms with van der Waals surface area (Å²) < 4.78 is 0. The van der Waals surface area contributed by atoms with Crippen LogP contribution >= 0.6 is 0 Å². The molecule has 0 heterocycles. The van der Waals surface area contributed by atoms with Crippen LogP contribution in [-0.2, 0) is 16.0 Å². The summed E-state index contributed by atoms with van der Waals surface area (Å²) in [5.74, 6) is -1.67. The Morgan fingerprint density at radius 1 is 0.741 bits per heavy atom. The van der Waals surface area contributed by atoms with Gasteiger partial charge in [0, 0.05) is 11.4 Å². The molecule has 0 fully saturated rings. The van der Waals surface area contributed by atoms with Crippen molar-refractivity contribution in [1.82, 2.24) is 0 Å². The van der Waals surface area contributed by atoms with E-state index < -0.39 is 5.92 Å². The van der Waals surface area contributed by atoms with E-state index in [9.17, 15) is 9.59 Å². The lowest BCUT2D eigenvalue weighted by Gasteiger charge is -2.17. The summed E-state index contributed by atoms with van der Waals surface area (Å²) in [5, 5.41) is 5.71. The highest BCUT2D eigenvalue weighted by atomic mass is 16.2. The van der Waals surface area contributed by atoms with Crippen molar-refractivity contribution in [3.05, 3.63) is 96.1 Å². The van der Waals surface area contributed by atoms with Gasteiger partial charge in [-0.15, -0.1) is 0 Å². The van der Waals surface area contributed by atoms with Crippen molar-refractivity contribution in [3.8, 4) is 0 Å². The maximum Gasteiger partial charge on any atom is 0.241 e. The fourth-order valence-corrected chi connectivity index (χ4v) is 2.89. The summed E-state index contributed by atoms with van der Waals surface area (Å²) in [7, 11) is 0. The third-order valence-corrected chi connectivity index (χ3v) is 4.30. The van der Waals surface area contributed by atoms with Crippen molar-refractivity contribution >= 4 is 23.2 Å². The fraction of sp³-hybridized carbons (Fsp3) is 0.130. The van der Waals surface area contributed by atoms with E-state index in [-0.39, 0.29) is 11.8 Å². The van der Waals surface area contributed by atoms with E-state index in [2.05, 4.69) is 17.6 Å². The van der Waals surface area contributed by atoms with Crippen molar-refractivity contribution in [2.75, 3.05) is 10.6 Å². The van der Waals surface area contributed by atoms with E-state index in [0.29, 0.717) is 16.9 Å². The molecule has 3 rings (SSSR count). The van der Waals surface area contributed by atoms with Crippen LogP contribution in [0, 0.1) is 0 Å². The van der Waals surface area contributed by atoms with Gasteiger partial charge in [-0.3, -0.25) is 9.59 Å². The van der Waals surface area contributed by atoms with E-state index in [0.717, 1.165) is 12.0 Å². The predicted molar refractivity (Wildman–Crippen MR) is 109 cm³/mol. The van der Waals surface area contributed by atoms with Gasteiger partial charge in [0.05, 0.1) is 0 Å². The van der Waals surface area contributed by atoms with Crippen LogP contribution < -0.4 is 10.6 Å². The van der Waals surface area contributed by atoms with Crippen molar-refractivity contribution in [1.29, 1.82) is 0 Å². The topological polar surface area (TPSA) is 58.2 Å². The number of aryl methyl sites for hydroxylation is 1. The zero-order valence-electron chi connectivity index (χ0n) is 15.2. The molecule has 2 N–H and O–H groups in total. The summed E-state index contributed by atoms with van der Waals surface area (Å²) in [6, 6.07) is 25.9. The van der Waals surface area contributed by atoms with E-state index in [1.165, 1.54) is 0 Å². The molecule has 27 heavy (non-hydrogen) atoms. The molecule has 4 nitrogen and oxygen atoms in total. The zero-order valence-corrected chi connectivity index (χ0v) is 15.2. The second-order valence-electron chi connectivity index (χ2n) is 6.24.